The Bertz CT molecular complexity index is 694. The molecule has 2 rings (SSSR count). The minimum absolute atomic E-state index is 0.0588. The van der Waals surface area contributed by atoms with Crippen molar-refractivity contribution >= 4 is 11.9 Å². The summed E-state index contributed by atoms with van der Waals surface area (Å²) in [5.74, 6) is -0.477. The summed E-state index contributed by atoms with van der Waals surface area (Å²) in [7, 11) is 0. The highest BCUT2D eigenvalue weighted by Crippen LogP contribution is 2.45. The molecule has 2 aliphatic rings. The number of allylic oxidation sites excluding steroid dienone is 3. The van der Waals surface area contributed by atoms with Crippen molar-refractivity contribution in [1.82, 2.24) is 0 Å². The number of ether oxygens (including phenoxy) is 1. The summed E-state index contributed by atoms with van der Waals surface area (Å²) in [4.78, 5) is 23.5. The normalized spacial score (nSPS) is 30.2. The van der Waals surface area contributed by atoms with Crippen molar-refractivity contribution < 1.29 is 29.6 Å². The molecule has 0 saturated heterocycles. The number of hydrogen-bond acceptors (Lipinski definition) is 5. The molecule has 0 aromatic rings. The lowest BCUT2D eigenvalue weighted by Gasteiger charge is -2.44. The first kappa shape index (κ1) is 25.6. The van der Waals surface area contributed by atoms with E-state index in [1.54, 1.807) is 0 Å². The number of carbonyl (C=O) groups excluding carboxylic acids is 1. The zero-order valence-corrected chi connectivity index (χ0v) is 19.5. The first-order valence-electron chi connectivity index (χ1n) is 11.6. The van der Waals surface area contributed by atoms with Crippen molar-refractivity contribution in [3.8, 4) is 0 Å². The Morgan fingerprint density at radius 3 is 2.61 bits per heavy atom. The fourth-order valence-electron chi connectivity index (χ4n) is 4.75. The van der Waals surface area contributed by atoms with E-state index in [1.165, 1.54) is 5.57 Å². The third kappa shape index (κ3) is 6.91. The van der Waals surface area contributed by atoms with Gasteiger partial charge in [0.2, 0.25) is 0 Å². The van der Waals surface area contributed by atoms with Gasteiger partial charge in [0.05, 0.1) is 11.5 Å². The molecule has 0 saturated carbocycles. The standard InChI is InChI=1S/C25H39O6/c1-6-25(4,5)24(30)31-21-12-15(2)11-17-8-7-16(3)20(23(17)21)10-9-18(26)13-19(27)14-22(28)29/h7-8,11,15-16,18-21,23,26H,6,9-10,12-14H2,1-5H3,(H,28,29)/q-1/t15-,16-,18-,19+,20-,21-,23-/m1/s1. The largest absolute Gasteiger partial charge is 0.851 e. The van der Waals surface area contributed by atoms with E-state index in [0.29, 0.717) is 25.2 Å². The van der Waals surface area contributed by atoms with Crippen LogP contribution in [0.3, 0.4) is 0 Å². The molecule has 2 N–H and O–H groups in total. The maximum absolute atomic E-state index is 12.8. The van der Waals surface area contributed by atoms with Gasteiger partial charge in [-0.1, -0.05) is 39.0 Å². The van der Waals surface area contributed by atoms with E-state index in [1.807, 2.05) is 20.8 Å². The first-order valence-corrected chi connectivity index (χ1v) is 11.6. The van der Waals surface area contributed by atoms with Crippen LogP contribution in [0, 0.1) is 29.1 Å². The van der Waals surface area contributed by atoms with Gasteiger partial charge in [0.1, 0.15) is 6.10 Å². The summed E-state index contributed by atoms with van der Waals surface area (Å²) >= 11 is 0. The Morgan fingerprint density at radius 1 is 1.32 bits per heavy atom. The van der Waals surface area contributed by atoms with Crippen molar-refractivity contribution in [3.63, 3.8) is 0 Å². The van der Waals surface area contributed by atoms with Crippen molar-refractivity contribution in [2.45, 2.75) is 91.5 Å². The van der Waals surface area contributed by atoms with Crippen LogP contribution in [-0.4, -0.2) is 40.5 Å². The van der Waals surface area contributed by atoms with Gasteiger partial charge in [0, 0.05) is 12.3 Å². The summed E-state index contributed by atoms with van der Waals surface area (Å²) in [6.45, 7) is 10.1. The second-order valence-corrected chi connectivity index (χ2v) is 10.2. The highest BCUT2D eigenvalue weighted by Gasteiger charge is 2.42. The van der Waals surface area contributed by atoms with Crippen molar-refractivity contribution in [1.29, 1.82) is 0 Å². The van der Waals surface area contributed by atoms with Crippen LogP contribution in [0.5, 0.6) is 0 Å². The Hall–Kier alpha value is -1.66. The smallest absolute Gasteiger partial charge is 0.311 e. The Balaban J connectivity index is 2.12. The van der Waals surface area contributed by atoms with Gasteiger partial charge in [-0.3, -0.25) is 9.59 Å². The van der Waals surface area contributed by atoms with E-state index in [9.17, 15) is 19.8 Å². The van der Waals surface area contributed by atoms with Gasteiger partial charge >= 0.3 is 11.9 Å². The molecule has 0 heterocycles. The molecular formula is C25H39O6-. The molecule has 0 fully saturated rings. The van der Waals surface area contributed by atoms with E-state index in [2.05, 4.69) is 32.1 Å². The molecule has 7 atom stereocenters. The number of fused-ring (bicyclic) bond motifs is 1. The van der Waals surface area contributed by atoms with Gasteiger partial charge in [-0.25, -0.2) is 0 Å². The average molecular weight is 436 g/mol. The van der Waals surface area contributed by atoms with E-state index >= 15 is 0 Å². The van der Waals surface area contributed by atoms with Crippen LogP contribution >= 0.6 is 0 Å². The number of carboxylic acid groups (broad SMARTS) is 1. The van der Waals surface area contributed by atoms with Gasteiger partial charge in [0.15, 0.2) is 0 Å². The molecule has 0 unspecified atom stereocenters. The maximum atomic E-state index is 12.8. The number of carbonyl (C=O) groups is 2. The predicted molar refractivity (Wildman–Crippen MR) is 117 cm³/mol. The van der Waals surface area contributed by atoms with Gasteiger partial charge in [-0.05, 0) is 69.3 Å². The molecule has 6 nitrogen and oxygen atoms in total. The van der Waals surface area contributed by atoms with Gasteiger partial charge in [0.25, 0.3) is 0 Å². The third-order valence-electron chi connectivity index (χ3n) is 7.06. The predicted octanol–water partition coefficient (Wildman–Crippen LogP) is 3.47. The highest BCUT2D eigenvalue weighted by molar-refractivity contribution is 5.76. The number of carboxylic acids is 1. The first-order chi connectivity index (χ1) is 14.4. The monoisotopic (exact) mass is 435 g/mol. The summed E-state index contributed by atoms with van der Waals surface area (Å²) in [6, 6.07) is 0. The van der Waals surface area contributed by atoms with E-state index in [-0.39, 0.29) is 36.2 Å². The van der Waals surface area contributed by atoms with Crippen LogP contribution in [0.2, 0.25) is 0 Å². The third-order valence-corrected chi connectivity index (χ3v) is 7.06. The minimum atomic E-state index is -1.30. The molecule has 0 amide bonds. The average Bonchev–Trinajstić information content (AvgIpc) is 2.66. The van der Waals surface area contributed by atoms with Crippen LogP contribution in [0.25, 0.3) is 0 Å². The molecule has 0 bridgehead atoms. The van der Waals surface area contributed by atoms with Gasteiger partial charge < -0.3 is 20.1 Å². The highest BCUT2D eigenvalue weighted by atomic mass is 16.5. The molecule has 0 aliphatic heterocycles. The lowest BCUT2D eigenvalue weighted by atomic mass is 9.65. The number of rotatable bonds is 10. The van der Waals surface area contributed by atoms with E-state index < -0.39 is 30.0 Å². The van der Waals surface area contributed by atoms with Crippen molar-refractivity contribution in [2.75, 3.05) is 0 Å². The summed E-state index contributed by atoms with van der Waals surface area (Å²) in [5, 5.41) is 30.9. The van der Waals surface area contributed by atoms with Crippen molar-refractivity contribution in [3.05, 3.63) is 23.8 Å². The van der Waals surface area contributed by atoms with Crippen LogP contribution < -0.4 is 5.11 Å². The molecule has 0 aromatic carbocycles. The maximum Gasteiger partial charge on any atom is 0.311 e. The van der Waals surface area contributed by atoms with Gasteiger partial charge in [-0.2, -0.15) is 0 Å². The number of aliphatic hydroxyl groups excluding tert-OH is 1. The summed E-state index contributed by atoms with van der Waals surface area (Å²) in [5.41, 5.74) is 0.663. The second kappa shape index (κ2) is 10.8. The molecule has 176 valence electrons. The lowest BCUT2D eigenvalue weighted by Crippen LogP contribution is -2.43. The minimum Gasteiger partial charge on any atom is -0.851 e. The van der Waals surface area contributed by atoms with E-state index in [4.69, 9.17) is 9.84 Å². The van der Waals surface area contributed by atoms with E-state index in [0.717, 1.165) is 6.42 Å². The van der Waals surface area contributed by atoms with Crippen LogP contribution in [-0.2, 0) is 14.3 Å². The van der Waals surface area contributed by atoms with Gasteiger partial charge in [-0.15, -0.1) is 6.10 Å². The number of aliphatic hydroxyl groups is 1. The zero-order chi connectivity index (χ0) is 23.3. The SMILES string of the molecule is CCC(C)(C)C(=O)O[C@@H]1C[C@H](C)C=C2C=C[C@@H](C)[C@@H](CC[C@@H](O)C[C@H]([O-])CC(=O)O)[C@@H]21. The molecule has 31 heavy (non-hydrogen) atoms. The fraction of sp³-hybridized carbons (Fsp3) is 0.760. The fourth-order valence-corrected chi connectivity index (χ4v) is 4.75. The zero-order valence-electron chi connectivity index (χ0n) is 19.5. The number of hydrogen-bond donors (Lipinski definition) is 2. The van der Waals surface area contributed by atoms with Crippen LogP contribution in [0.15, 0.2) is 23.8 Å². The topological polar surface area (TPSA) is 107 Å². The molecule has 0 aromatic heterocycles. The second-order valence-electron chi connectivity index (χ2n) is 10.2. The molecule has 0 spiro atoms. The number of esters is 1. The molecule has 0 radical (unpaired) electrons. The number of aliphatic carboxylic acids is 1. The Labute approximate surface area is 186 Å². The summed E-state index contributed by atoms with van der Waals surface area (Å²) < 4.78 is 6.09. The Morgan fingerprint density at radius 2 is 2.00 bits per heavy atom. The molecule has 6 heteroatoms. The van der Waals surface area contributed by atoms with Crippen LogP contribution in [0.1, 0.15) is 73.1 Å². The van der Waals surface area contributed by atoms with Crippen molar-refractivity contribution in [2.24, 2.45) is 29.1 Å². The summed E-state index contributed by atoms with van der Waals surface area (Å²) in [6.07, 6.45) is 6.32. The van der Waals surface area contributed by atoms with Crippen LogP contribution in [0.4, 0.5) is 0 Å². The quantitative estimate of drug-likeness (QED) is 0.509. The molecule has 2 aliphatic carbocycles. The lowest BCUT2D eigenvalue weighted by molar-refractivity contribution is -0.423. The Kier molecular flexibility index (Phi) is 8.90. The molecular weight excluding hydrogens is 396 g/mol.